The topological polar surface area (TPSA) is 79.5 Å². The van der Waals surface area contributed by atoms with E-state index in [-0.39, 0.29) is 36.5 Å². The first-order valence-corrected chi connectivity index (χ1v) is 9.67. The Kier molecular flexibility index (Phi) is 9.52. The lowest BCUT2D eigenvalue weighted by molar-refractivity contribution is 0.0657. The van der Waals surface area contributed by atoms with Crippen molar-refractivity contribution in [3.8, 4) is 23.8 Å². The molecule has 31 heavy (non-hydrogen) atoms. The molecule has 0 unspecified atom stereocenters. The van der Waals surface area contributed by atoms with Crippen LogP contribution in [0.4, 0.5) is 0 Å². The predicted molar refractivity (Wildman–Crippen MR) is 129 cm³/mol. The van der Waals surface area contributed by atoms with Crippen LogP contribution in [0.1, 0.15) is 16.1 Å². The van der Waals surface area contributed by atoms with Crippen LogP contribution in [0.3, 0.4) is 0 Å². The number of hydrogen-bond acceptors (Lipinski definition) is 5. The smallest absolute Gasteiger partial charge is 0.289 e. The summed E-state index contributed by atoms with van der Waals surface area (Å²) >= 11 is 0. The van der Waals surface area contributed by atoms with Crippen molar-refractivity contribution in [2.75, 3.05) is 46.9 Å². The lowest BCUT2D eigenvalue weighted by Gasteiger charge is -2.36. The zero-order valence-corrected chi connectivity index (χ0v) is 20.0. The Balaban J connectivity index is 0.00000341. The Morgan fingerprint density at radius 2 is 1.97 bits per heavy atom. The molecule has 0 bridgehead atoms. The third kappa shape index (κ3) is 6.30. The first-order valence-electron chi connectivity index (χ1n) is 9.67. The fourth-order valence-corrected chi connectivity index (χ4v) is 3.25. The van der Waals surface area contributed by atoms with Crippen molar-refractivity contribution in [2.45, 2.75) is 6.54 Å². The van der Waals surface area contributed by atoms with Gasteiger partial charge in [0.1, 0.15) is 6.61 Å². The molecule has 9 heteroatoms. The quantitative estimate of drug-likeness (QED) is 0.264. The van der Waals surface area contributed by atoms with Gasteiger partial charge in [0.25, 0.3) is 5.91 Å². The van der Waals surface area contributed by atoms with Gasteiger partial charge in [0, 0.05) is 39.8 Å². The maximum atomic E-state index is 12.4. The Bertz CT molecular complexity index is 916. The van der Waals surface area contributed by atoms with Gasteiger partial charge in [-0.15, -0.1) is 30.4 Å². The number of aliphatic imine (C=N–C) groups is 1. The molecule has 1 aliphatic rings. The Morgan fingerprint density at radius 1 is 1.23 bits per heavy atom. The van der Waals surface area contributed by atoms with Gasteiger partial charge in [0.05, 0.1) is 13.4 Å². The molecular weight excluding hydrogens is 511 g/mol. The minimum absolute atomic E-state index is 0. The molecule has 0 saturated carbocycles. The largest absolute Gasteiger partial charge is 0.493 e. The zero-order valence-electron chi connectivity index (χ0n) is 17.7. The maximum absolute atomic E-state index is 12.4. The van der Waals surface area contributed by atoms with Gasteiger partial charge in [0.15, 0.2) is 23.2 Å². The summed E-state index contributed by atoms with van der Waals surface area (Å²) in [6, 6.07) is 9.12. The molecule has 8 nitrogen and oxygen atoms in total. The summed E-state index contributed by atoms with van der Waals surface area (Å²) in [5, 5.41) is 3.37. The number of terminal acetylenes is 1. The maximum Gasteiger partial charge on any atom is 0.289 e. The number of rotatable bonds is 6. The fraction of sp³-hybridized carbons (Fsp3) is 0.364. The number of nitrogens with one attached hydrogen (secondary N) is 1. The summed E-state index contributed by atoms with van der Waals surface area (Å²) in [6.45, 7) is 3.32. The molecule has 1 N–H and O–H groups in total. The van der Waals surface area contributed by atoms with Crippen molar-refractivity contribution in [1.82, 2.24) is 15.1 Å². The molecule has 0 atom stereocenters. The summed E-state index contributed by atoms with van der Waals surface area (Å²) in [6.07, 6.45) is 6.79. The van der Waals surface area contributed by atoms with Gasteiger partial charge in [-0.25, -0.2) is 0 Å². The first kappa shape index (κ1) is 24.4. The van der Waals surface area contributed by atoms with E-state index in [1.807, 2.05) is 18.2 Å². The van der Waals surface area contributed by atoms with Gasteiger partial charge >= 0.3 is 0 Å². The molecule has 1 aromatic carbocycles. The number of ether oxygens (including phenoxy) is 2. The van der Waals surface area contributed by atoms with Crippen molar-refractivity contribution in [2.24, 2.45) is 4.99 Å². The third-order valence-electron chi connectivity index (χ3n) is 4.80. The predicted octanol–water partition coefficient (Wildman–Crippen LogP) is 2.45. The highest BCUT2D eigenvalue weighted by atomic mass is 127. The molecular formula is C22H27IN4O4. The second-order valence-corrected chi connectivity index (χ2v) is 6.64. The van der Waals surface area contributed by atoms with Crippen LogP contribution in [-0.2, 0) is 6.54 Å². The van der Waals surface area contributed by atoms with Crippen molar-refractivity contribution >= 4 is 35.8 Å². The Hall–Kier alpha value is -2.87. The average molecular weight is 538 g/mol. The molecule has 0 radical (unpaired) electrons. The third-order valence-corrected chi connectivity index (χ3v) is 4.80. The molecule has 1 amide bonds. The van der Waals surface area contributed by atoms with Crippen LogP contribution >= 0.6 is 24.0 Å². The van der Waals surface area contributed by atoms with Crippen LogP contribution < -0.4 is 14.8 Å². The van der Waals surface area contributed by atoms with Crippen LogP contribution in [0.15, 0.2) is 46.0 Å². The van der Waals surface area contributed by atoms with Crippen molar-refractivity contribution in [3.05, 3.63) is 47.9 Å². The number of carbonyl (C=O) groups is 1. The lowest BCUT2D eigenvalue weighted by Crippen LogP contribution is -2.53. The number of methoxy groups -OCH3 is 1. The molecule has 1 aliphatic heterocycles. The van der Waals surface area contributed by atoms with Gasteiger partial charge in [-0.2, -0.15) is 0 Å². The van der Waals surface area contributed by atoms with E-state index in [2.05, 4.69) is 21.1 Å². The summed E-state index contributed by atoms with van der Waals surface area (Å²) in [5.74, 6) is 4.76. The van der Waals surface area contributed by atoms with E-state index >= 15 is 0 Å². The minimum atomic E-state index is -0.0830. The summed E-state index contributed by atoms with van der Waals surface area (Å²) in [5.41, 5.74) is 1.01. The van der Waals surface area contributed by atoms with E-state index in [1.54, 1.807) is 31.2 Å². The molecule has 166 valence electrons. The van der Waals surface area contributed by atoms with E-state index in [0.717, 1.165) is 11.5 Å². The van der Waals surface area contributed by atoms with Crippen molar-refractivity contribution < 1.29 is 18.7 Å². The zero-order chi connectivity index (χ0) is 21.3. The number of carbonyl (C=O) groups excluding carboxylic acids is 1. The summed E-state index contributed by atoms with van der Waals surface area (Å²) in [7, 11) is 3.34. The Labute approximate surface area is 199 Å². The lowest BCUT2D eigenvalue weighted by atomic mass is 10.2. The van der Waals surface area contributed by atoms with Crippen molar-refractivity contribution in [3.63, 3.8) is 0 Å². The van der Waals surface area contributed by atoms with Gasteiger partial charge in [0.2, 0.25) is 0 Å². The minimum Gasteiger partial charge on any atom is -0.493 e. The van der Waals surface area contributed by atoms with E-state index in [1.165, 1.54) is 6.26 Å². The number of halogens is 1. The standard InChI is InChI=1S/C22H26N4O4.HI/c1-4-13-29-20-15-17(7-8-18(20)28-3)16-24-22(23-2)26-11-9-25(10-12-26)21(27)19-6-5-14-30-19;/h1,5-8,14-15H,9-13,16H2,2-3H3,(H,23,24);1H. The Morgan fingerprint density at radius 3 is 2.58 bits per heavy atom. The second-order valence-electron chi connectivity index (χ2n) is 6.64. The van der Waals surface area contributed by atoms with Crippen LogP contribution in [0.2, 0.25) is 0 Å². The SMILES string of the molecule is C#CCOc1cc(CNC(=NC)N2CCN(C(=O)c3ccco3)CC2)ccc1OC.I. The molecule has 2 aromatic rings. The van der Waals surface area contributed by atoms with Gasteiger partial charge < -0.3 is 29.0 Å². The number of furan rings is 1. The number of piperazine rings is 1. The number of amides is 1. The molecule has 1 saturated heterocycles. The second kappa shape index (κ2) is 12.1. The average Bonchev–Trinajstić information content (AvgIpc) is 3.33. The van der Waals surface area contributed by atoms with Gasteiger partial charge in [-0.1, -0.05) is 12.0 Å². The van der Waals surface area contributed by atoms with Crippen LogP contribution in [0.25, 0.3) is 0 Å². The van der Waals surface area contributed by atoms with E-state index in [9.17, 15) is 4.79 Å². The van der Waals surface area contributed by atoms with Gasteiger partial charge in [-0.3, -0.25) is 9.79 Å². The summed E-state index contributed by atoms with van der Waals surface area (Å²) in [4.78, 5) is 20.7. The van der Waals surface area contributed by atoms with Crippen LogP contribution in [-0.4, -0.2) is 68.6 Å². The van der Waals surface area contributed by atoms with Crippen molar-refractivity contribution in [1.29, 1.82) is 0 Å². The number of nitrogens with zero attached hydrogens (tertiary/aromatic N) is 3. The van der Waals surface area contributed by atoms with Crippen LogP contribution in [0.5, 0.6) is 11.5 Å². The number of benzene rings is 1. The highest BCUT2D eigenvalue weighted by molar-refractivity contribution is 14.0. The molecule has 1 aromatic heterocycles. The molecule has 0 spiro atoms. The highest BCUT2D eigenvalue weighted by Crippen LogP contribution is 2.28. The molecule has 0 aliphatic carbocycles. The van der Waals surface area contributed by atoms with Crippen LogP contribution in [0, 0.1) is 12.3 Å². The number of hydrogen-bond donors (Lipinski definition) is 1. The highest BCUT2D eigenvalue weighted by Gasteiger charge is 2.25. The fourth-order valence-electron chi connectivity index (χ4n) is 3.25. The van der Waals surface area contributed by atoms with Gasteiger partial charge in [-0.05, 0) is 29.8 Å². The monoisotopic (exact) mass is 538 g/mol. The normalized spacial score (nSPS) is 13.8. The number of guanidine groups is 1. The first-order chi connectivity index (χ1) is 14.7. The molecule has 2 heterocycles. The molecule has 3 rings (SSSR count). The molecule has 1 fully saturated rings. The van der Waals surface area contributed by atoms with E-state index in [4.69, 9.17) is 20.3 Å². The van der Waals surface area contributed by atoms with E-state index < -0.39 is 0 Å². The summed E-state index contributed by atoms with van der Waals surface area (Å²) < 4.78 is 16.1. The van der Waals surface area contributed by atoms with E-state index in [0.29, 0.717) is 50.0 Å².